The van der Waals surface area contributed by atoms with Gasteiger partial charge in [-0.3, -0.25) is 0 Å². The van der Waals surface area contributed by atoms with E-state index >= 15 is 0 Å². The first-order valence-electron chi connectivity index (χ1n) is 19.9. The summed E-state index contributed by atoms with van der Waals surface area (Å²) in [6.07, 6.45) is 0. The van der Waals surface area contributed by atoms with Crippen LogP contribution >= 0.6 is 0 Å². The largest absolute Gasteiger partial charge is 0.456 e. The van der Waals surface area contributed by atoms with E-state index in [1.807, 2.05) is 6.07 Å². The zero-order valence-corrected chi connectivity index (χ0v) is 33.5. The summed E-state index contributed by atoms with van der Waals surface area (Å²) in [5.74, 6) is 0. The van der Waals surface area contributed by atoms with Crippen LogP contribution in [0, 0.1) is 0 Å². The van der Waals surface area contributed by atoms with Crippen molar-refractivity contribution in [1.29, 1.82) is 0 Å². The van der Waals surface area contributed by atoms with Crippen LogP contribution in [0.2, 0.25) is 0 Å². The lowest BCUT2D eigenvalue weighted by molar-refractivity contribution is 0.566. The normalized spacial score (nSPS) is 13.9. The minimum absolute atomic E-state index is 0.0637. The van der Waals surface area contributed by atoms with Crippen molar-refractivity contribution in [2.75, 3.05) is 4.90 Å². The third kappa shape index (κ3) is 5.10. The van der Waals surface area contributed by atoms with E-state index < -0.39 is 0 Å². The molecule has 9 aromatic rings. The quantitative estimate of drug-likeness (QED) is 0.181. The number of para-hydroxylation sites is 1. The van der Waals surface area contributed by atoms with Gasteiger partial charge < -0.3 is 13.7 Å². The van der Waals surface area contributed by atoms with Crippen molar-refractivity contribution in [2.45, 2.75) is 71.6 Å². The number of rotatable bonds is 4. The average molecular weight is 730 g/mol. The minimum Gasteiger partial charge on any atom is -0.456 e. The van der Waals surface area contributed by atoms with Gasteiger partial charge in [-0.15, -0.1) is 0 Å². The Kier molecular flexibility index (Phi) is 7.36. The SMILES string of the molecule is CC(C)(C)c1ccc(C(C)(C)C)c2c1oc1ccc3c(c12)C(C)(C)c1ccc(N(c2ccc(-c4ccccc4)cc2)c2cccc4oc5ccccc5c24)cc1-3. The summed E-state index contributed by atoms with van der Waals surface area (Å²) in [6, 6.07) is 50.6. The van der Waals surface area contributed by atoms with Gasteiger partial charge in [-0.25, -0.2) is 0 Å². The number of nitrogens with zero attached hydrogens (tertiary/aromatic N) is 1. The maximum Gasteiger partial charge on any atom is 0.139 e. The lowest BCUT2D eigenvalue weighted by atomic mass is 9.76. The Morgan fingerprint density at radius 2 is 1.12 bits per heavy atom. The Bertz CT molecular complexity index is 3000. The molecule has 0 aliphatic heterocycles. The Morgan fingerprint density at radius 1 is 0.482 bits per heavy atom. The van der Waals surface area contributed by atoms with E-state index in [-0.39, 0.29) is 16.2 Å². The zero-order chi connectivity index (χ0) is 38.7. The van der Waals surface area contributed by atoms with E-state index in [4.69, 9.17) is 8.83 Å². The second-order valence-corrected chi connectivity index (χ2v) is 18.2. The Balaban J connectivity index is 1.22. The maximum absolute atomic E-state index is 6.93. The Hall–Kier alpha value is -6.06. The molecular weight excluding hydrogens is 683 g/mol. The minimum atomic E-state index is -0.255. The van der Waals surface area contributed by atoms with Crippen LogP contribution in [0.3, 0.4) is 0 Å². The number of fused-ring (bicyclic) bond motifs is 10. The molecule has 0 bridgehead atoms. The van der Waals surface area contributed by atoms with E-state index in [1.165, 1.54) is 55.3 Å². The molecule has 3 heteroatoms. The molecule has 3 nitrogen and oxygen atoms in total. The second-order valence-electron chi connectivity index (χ2n) is 18.2. The molecule has 2 aromatic heterocycles. The van der Waals surface area contributed by atoms with Gasteiger partial charge in [0.25, 0.3) is 0 Å². The average Bonchev–Trinajstić information content (AvgIpc) is 3.82. The topological polar surface area (TPSA) is 29.5 Å². The standard InChI is InChI=1S/C53H47NO2/c1-51(2,3)40-28-29-41(52(4,5)6)50-47(40)48-45(56-50)30-26-36-38-31-35(25-27-39(38)53(7,8)49(36)48)54(34-23-21-33(22-24-34)32-15-10-9-11-16-32)42-18-14-20-44-46(42)37-17-12-13-19-43(37)55-44/h9-31H,1-8H3. The van der Waals surface area contributed by atoms with E-state index in [1.54, 1.807) is 0 Å². The summed E-state index contributed by atoms with van der Waals surface area (Å²) in [5, 5.41) is 4.72. The lowest BCUT2D eigenvalue weighted by Crippen LogP contribution is -2.17. The fraction of sp³-hybridized carbons (Fsp3) is 0.208. The molecule has 0 amide bonds. The van der Waals surface area contributed by atoms with Gasteiger partial charge in [0.05, 0.1) is 11.1 Å². The van der Waals surface area contributed by atoms with Crippen LogP contribution in [-0.2, 0) is 16.2 Å². The van der Waals surface area contributed by atoms with Gasteiger partial charge in [-0.05, 0) is 98.3 Å². The first-order valence-corrected chi connectivity index (χ1v) is 19.9. The third-order valence-electron chi connectivity index (χ3n) is 12.1. The van der Waals surface area contributed by atoms with Crippen molar-refractivity contribution >= 4 is 60.9 Å². The maximum atomic E-state index is 6.93. The molecule has 0 radical (unpaired) electrons. The predicted octanol–water partition coefficient (Wildman–Crippen LogP) is 15.5. The summed E-state index contributed by atoms with van der Waals surface area (Å²) in [6.45, 7) is 18.6. The molecule has 0 saturated carbocycles. The molecule has 56 heavy (non-hydrogen) atoms. The van der Waals surface area contributed by atoms with Gasteiger partial charge in [0.1, 0.15) is 22.3 Å². The molecule has 7 aromatic carbocycles. The second kappa shape index (κ2) is 12.0. The van der Waals surface area contributed by atoms with Crippen molar-refractivity contribution in [3.63, 3.8) is 0 Å². The summed E-state index contributed by atoms with van der Waals surface area (Å²) in [4.78, 5) is 2.41. The first kappa shape index (κ1) is 34.4. The molecule has 10 rings (SSSR count). The molecule has 2 heterocycles. The van der Waals surface area contributed by atoms with Crippen molar-refractivity contribution in [3.05, 3.63) is 162 Å². The van der Waals surface area contributed by atoms with E-state index in [9.17, 15) is 0 Å². The van der Waals surface area contributed by atoms with Crippen LogP contribution in [0.4, 0.5) is 17.1 Å². The van der Waals surface area contributed by atoms with Crippen molar-refractivity contribution in [1.82, 2.24) is 0 Å². The summed E-state index contributed by atoms with van der Waals surface area (Å²) < 4.78 is 13.4. The van der Waals surface area contributed by atoms with Gasteiger partial charge in [-0.1, -0.05) is 146 Å². The van der Waals surface area contributed by atoms with Crippen LogP contribution < -0.4 is 4.90 Å². The fourth-order valence-corrected chi connectivity index (χ4v) is 9.43. The number of hydrogen-bond acceptors (Lipinski definition) is 3. The molecule has 276 valence electrons. The van der Waals surface area contributed by atoms with E-state index in [0.717, 1.165) is 50.2 Å². The summed E-state index contributed by atoms with van der Waals surface area (Å²) >= 11 is 0. The molecule has 1 aliphatic carbocycles. The zero-order valence-electron chi connectivity index (χ0n) is 33.5. The van der Waals surface area contributed by atoms with Crippen molar-refractivity contribution in [2.24, 2.45) is 0 Å². The first-order chi connectivity index (χ1) is 26.8. The van der Waals surface area contributed by atoms with Crippen molar-refractivity contribution < 1.29 is 8.83 Å². The van der Waals surface area contributed by atoms with E-state index in [2.05, 4.69) is 194 Å². The number of anilines is 3. The highest BCUT2D eigenvalue weighted by Crippen LogP contribution is 2.56. The van der Waals surface area contributed by atoms with Gasteiger partial charge in [0.2, 0.25) is 0 Å². The lowest BCUT2D eigenvalue weighted by Gasteiger charge is -2.28. The van der Waals surface area contributed by atoms with Crippen LogP contribution in [-0.4, -0.2) is 0 Å². The van der Waals surface area contributed by atoms with Crippen LogP contribution in [0.25, 0.3) is 66.1 Å². The third-order valence-corrected chi connectivity index (χ3v) is 12.1. The molecule has 0 unspecified atom stereocenters. The molecular formula is C53H47NO2. The highest BCUT2D eigenvalue weighted by atomic mass is 16.3. The van der Waals surface area contributed by atoms with Gasteiger partial charge in [0, 0.05) is 38.5 Å². The highest BCUT2D eigenvalue weighted by Gasteiger charge is 2.40. The van der Waals surface area contributed by atoms with Crippen molar-refractivity contribution in [3.8, 4) is 22.3 Å². The summed E-state index contributed by atoms with van der Waals surface area (Å²) in [7, 11) is 0. The van der Waals surface area contributed by atoms with Gasteiger partial charge in [0.15, 0.2) is 0 Å². The van der Waals surface area contributed by atoms with E-state index in [0.29, 0.717) is 0 Å². The molecule has 1 aliphatic rings. The smallest absolute Gasteiger partial charge is 0.139 e. The highest BCUT2D eigenvalue weighted by molar-refractivity contribution is 6.15. The molecule has 0 N–H and O–H groups in total. The fourth-order valence-electron chi connectivity index (χ4n) is 9.43. The van der Waals surface area contributed by atoms with Crippen LogP contribution in [0.15, 0.2) is 148 Å². The van der Waals surface area contributed by atoms with Gasteiger partial charge >= 0.3 is 0 Å². The van der Waals surface area contributed by atoms with Gasteiger partial charge in [-0.2, -0.15) is 0 Å². The molecule has 0 saturated heterocycles. The number of hydrogen-bond donors (Lipinski definition) is 0. The summed E-state index contributed by atoms with van der Waals surface area (Å²) in [5.41, 5.74) is 16.8. The monoisotopic (exact) mass is 729 g/mol. The molecule has 0 fully saturated rings. The number of furan rings is 2. The molecule has 0 atom stereocenters. The Labute approximate surface area is 329 Å². The van der Waals surface area contributed by atoms with Crippen LogP contribution in [0.1, 0.15) is 77.6 Å². The predicted molar refractivity (Wildman–Crippen MR) is 236 cm³/mol. The molecule has 0 spiro atoms. The van der Waals surface area contributed by atoms with Crippen LogP contribution in [0.5, 0.6) is 0 Å². The Morgan fingerprint density at radius 3 is 1.88 bits per heavy atom. The number of benzene rings is 7.